The van der Waals surface area contributed by atoms with Crippen molar-refractivity contribution in [1.82, 2.24) is 0 Å². The maximum absolute atomic E-state index is 10.5. The van der Waals surface area contributed by atoms with E-state index in [0.717, 1.165) is 0 Å². The Bertz CT molecular complexity index is 447. The average molecular weight is 358 g/mol. The second-order valence-corrected chi connectivity index (χ2v) is 5.83. The zero-order valence-electron chi connectivity index (χ0n) is 10.1. The van der Waals surface area contributed by atoms with Crippen LogP contribution in [0.4, 0.5) is 0 Å². The third-order valence-electron chi connectivity index (χ3n) is 2.09. The van der Waals surface area contributed by atoms with Crippen molar-refractivity contribution in [2.75, 3.05) is 6.61 Å². The molecule has 13 nitrogen and oxygen atoms in total. The summed E-state index contributed by atoms with van der Waals surface area (Å²) in [5.74, 6) is 0. The Morgan fingerprint density at radius 2 is 1.48 bits per heavy atom. The van der Waals surface area contributed by atoms with Crippen molar-refractivity contribution < 1.29 is 61.6 Å². The molecule has 1 aliphatic heterocycles. The SMILES string of the molecule is O=P(O)(O)OC1O[C@H](CO)[C@@H](O)[C@H](O)[C@@H]1O.O=S(=O)(O)O. The summed E-state index contributed by atoms with van der Waals surface area (Å²) in [6, 6.07) is 0. The molecule has 0 aliphatic carbocycles. The zero-order chi connectivity index (χ0) is 17.0. The van der Waals surface area contributed by atoms with Gasteiger partial charge in [-0.3, -0.25) is 13.6 Å². The van der Waals surface area contributed by atoms with Gasteiger partial charge in [0.2, 0.25) is 0 Å². The molecule has 0 bridgehead atoms. The average Bonchev–Trinajstić information content (AvgIpc) is 2.26. The van der Waals surface area contributed by atoms with Gasteiger partial charge in [0.1, 0.15) is 24.4 Å². The summed E-state index contributed by atoms with van der Waals surface area (Å²) in [5.41, 5.74) is 0. The van der Waals surface area contributed by atoms with Gasteiger partial charge in [-0.05, 0) is 0 Å². The van der Waals surface area contributed by atoms with Crippen LogP contribution in [0.3, 0.4) is 0 Å². The first-order valence-corrected chi connectivity index (χ1v) is 7.93. The van der Waals surface area contributed by atoms with Gasteiger partial charge in [-0.15, -0.1) is 0 Å². The van der Waals surface area contributed by atoms with Gasteiger partial charge in [-0.1, -0.05) is 0 Å². The van der Waals surface area contributed by atoms with Gasteiger partial charge in [0.15, 0.2) is 6.29 Å². The topological polar surface area (TPSA) is 232 Å². The maximum atomic E-state index is 10.5. The van der Waals surface area contributed by atoms with Crippen molar-refractivity contribution in [3.05, 3.63) is 0 Å². The highest BCUT2D eigenvalue weighted by molar-refractivity contribution is 7.79. The van der Waals surface area contributed by atoms with E-state index >= 15 is 0 Å². The Morgan fingerprint density at radius 1 is 1.05 bits per heavy atom. The van der Waals surface area contributed by atoms with E-state index in [-0.39, 0.29) is 0 Å². The van der Waals surface area contributed by atoms with Crippen LogP contribution in [0.1, 0.15) is 0 Å². The number of ether oxygens (including phenoxy) is 1. The molecule has 128 valence electrons. The number of phosphoric ester groups is 1. The molecule has 0 saturated carbocycles. The maximum Gasteiger partial charge on any atom is 0.472 e. The number of hydrogen-bond donors (Lipinski definition) is 8. The van der Waals surface area contributed by atoms with E-state index in [1.165, 1.54) is 0 Å². The summed E-state index contributed by atoms with van der Waals surface area (Å²) in [6.45, 7) is -0.702. The number of hydrogen-bond acceptors (Lipinski definition) is 9. The molecule has 0 aromatic rings. The molecule has 15 heteroatoms. The summed E-state index contributed by atoms with van der Waals surface area (Å²) < 4.78 is 50.8. The van der Waals surface area contributed by atoms with Crippen LogP contribution in [0.25, 0.3) is 0 Å². The molecule has 1 unspecified atom stereocenters. The Labute approximate surface area is 118 Å². The standard InChI is InChI=1S/C6H13O9P.H2O4S/c7-1-2-3(8)4(9)5(10)6(14-2)15-16(11,12)13;1-5(2,3)4/h2-10H,1H2,(H2,11,12,13);(H2,1,2,3,4)/t2-,3-,4+,5+,6?;/m1./s1. The fourth-order valence-corrected chi connectivity index (χ4v) is 1.73. The van der Waals surface area contributed by atoms with Crippen molar-refractivity contribution in [3.8, 4) is 0 Å². The Balaban J connectivity index is 0.000000690. The van der Waals surface area contributed by atoms with Gasteiger partial charge in [0, 0.05) is 0 Å². The predicted molar refractivity (Wildman–Crippen MR) is 61.1 cm³/mol. The zero-order valence-corrected chi connectivity index (χ0v) is 11.8. The molecular weight excluding hydrogens is 343 g/mol. The predicted octanol–water partition coefficient (Wildman–Crippen LogP) is -3.76. The number of aliphatic hydroxyl groups excluding tert-OH is 4. The normalized spacial score (nSPS) is 34.0. The van der Waals surface area contributed by atoms with Crippen LogP contribution in [0.15, 0.2) is 0 Å². The summed E-state index contributed by atoms with van der Waals surface area (Å²) in [5, 5.41) is 36.6. The summed E-state index contributed by atoms with van der Waals surface area (Å²) >= 11 is 0. The molecule has 0 radical (unpaired) electrons. The minimum atomic E-state index is -4.91. The van der Waals surface area contributed by atoms with Crippen molar-refractivity contribution in [2.45, 2.75) is 30.7 Å². The van der Waals surface area contributed by atoms with Crippen LogP contribution in [0.5, 0.6) is 0 Å². The van der Waals surface area contributed by atoms with Crippen molar-refractivity contribution in [2.24, 2.45) is 0 Å². The first kappa shape index (κ1) is 20.8. The molecule has 21 heavy (non-hydrogen) atoms. The van der Waals surface area contributed by atoms with Crippen molar-refractivity contribution >= 4 is 18.2 Å². The van der Waals surface area contributed by atoms with Crippen LogP contribution in [-0.2, 0) is 24.2 Å². The van der Waals surface area contributed by atoms with Gasteiger partial charge in [0.25, 0.3) is 0 Å². The Morgan fingerprint density at radius 3 is 1.81 bits per heavy atom. The van der Waals surface area contributed by atoms with E-state index in [0.29, 0.717) is 0 Å². The Kier molecular flexibility index (Phi) is 7.78. The lowest BCUT2D eigenvalue weighted by Gasteiger charge is -2.39. The van der Waals surface area contributed by atoms with Crippen LogP contribution in [0, 0.1) is 0 Å². The van der Waals surface area contributed by atoms with E-state index in [1.54, 1.807) is 0 Å². The van der Waals surface area contributed by atoms with Gasteiger partial charge in [0.05, 0.1) is 6.61 Å². The minimum absolute atomic E-state index is 0.702. The lowest BCUT2D eigenvalue weighted by molar-refractivity contribution is -0.280. The van der Waals surface area contributed by atoms with Gasteiger partial charge >= 0.3 is 18.2 Å². The highest BCUT2D eigenvalue weighted by Gasteiger charge is 2.46. The monoisotopic (exact) mass is 358 g/mol. The van der Waals surface area contributed by atoms with Crippen LogP contribution < -0.4 is 0 Å². The second kappa shape index (κ2) is 7.87. The van der Waals surface area contributed by atoms with E-state index in [9.17, 15) is 19.9 Å². The molecule has 1 aliphatic rings. The van der Waals surface area contributed by atoms with Crippen molar-refractivity contribution in [3.63, 3.8) is 0 Å². The molecule has 0 spiro atoms. The quantitative estimate of drug-likeness (QED) is 0.179. The van der Waals surface area contributed by atoms with Crippen LogP contribution in [0.2, 0.25) is 0 Å². The summed E-state index contributed by atoms with van der Waals surface area (Å²) in [4.78, 5) is 17.0. The summed E-state index contributed by atoms with van der Waals surface area (Å²) in [7, 11) is -9.58. The second-order valence-electron chi connectivity index (χ2n) is 3.74. The summed E-state index contributed by atoms with van der Waals surface area (Å²) in [6.07, 6.45) is -8.25. The molecule has 1 saturated heterocycles. The van der Waals surface area contributed by atoms with Gasteiger partial charge in [-0.2, -0.15) is 8.42 Å². The van der Waals surface area contributed by atoms with E-state index < -0.39 is 55.5 Å². The molecule has 0 amide bonds. The highest BCUT2D eigenvalue weighted by atomic mass is 32.3. The van der Waals surface area contributed by atoms with Crippen LogP contribution in [-0.4, -0.2) is 85.0 Å². The number of rotatable bonds is 3. The van der Waals surface area contributed by atoms with Gasteiger partial charge < -0.3 is 34.9 Å². The number of aliphatic hydroxyl groups is 4. The molecule has 1 fully saturated rings. The molecule has 1 heterocycles. The van der Waals surface area contributed by atoms with E-state index in [1.807, 2.05) is 0 Å². The fraction of sp³-hybridized carbons (Fsp3) is 1.00. The molecule has 1 rings (SSSR count). The first-order chi connectivity index (χ1) is 9.26. The fourth-order valence-electron chi connectivity index (χ4n) is 1.29. The largest absolute Gasteiger partial charge is 0.472 e. The van der Waals surface area contributed by atoms with E-state index in [2.05, 4.69) is 9.26 Å². The van der Waals surface area contributed by atoms with Crippen LogP contribution >= 0.6 is 7.82 Å². The molecule has 5 atom stereocenters. The van der Waals surface area contributed by atoms with E-state index in [4.69, 9.17) is 32.4 Å². The molecular formula is C6H15O13PS. The molecule has 0 aromatic carbocycles. The third-order valence-corrected chi connectivity index (χ3v) is 2.57. The highest BCUT2D eigenvalue weighted by Crippen LogP contribution is 2.40. The van der Waals surface area contributed by atoms with Gasteiger partial charge in [-0.25, -0.2) is 4.57 Å². The third kappa shape index (κ3) is 8.72. The minimum Gasteiger partial charge on any atom is -0.394 e. The smallest absolute Gasteiger partial charge is 0.394 e. The number of phosphoric acid groups is 1. The first-order valence-electron chi connectivity index (χ1n) is 5.00. The molecule has 0 aromatic heterocycles. The lowest BCUT2D eigenvalue weighted by atomic mass is 10.00. The Hall–Kier alpha value is -0.220. The molecule has 8 N–H and O–H groups in total. The lowest BCUT2D eigenvalue weighted by Crippen LogP contribution is -2.58. The van der Waals surface area contributed by atoms with Crippen molar-refractivity contribution in [1.29, 1.82) is 0 Å².